The van der Waals surface area contributed by atoms with Gasteiger partial charge in [-0.05, 0) is 57.0 Å². The molecule has 5 nitrogen and oxygen atoms in total. The van der Waals surface area contributed by atoms with Crippen LogP contribution in [0.2, 0.25) is 0 Å². The van der Waals surface area contributed by atoms with E-state index in [2.05, 4.69) is 84.6 Å². The van der Waals surface area contributed by atoms with Crippen molar-refractivity contribution in [1.29, 1.82) is 0 Å². The fourth-order valence-electron chi connectivity index (χ4n) is 3.68. The van der Waals surface area contributed by atoms with Crippen LogP contribution in [0.1, 0.15) is 45.2 Å². The van der Waals surface area contributed by atoms with Gasteiger partial charge in [0.25, 0.3) is 0 Å². The summed E-state index contributed by atoms with van der Waals surface area (Å²) < 4.78 is 0. The predicted molar refractivity (Wildman–Crippen MR) is 113 cm³/mol. The van der Waals surface area contributed by atoms with E-state index in [1.165, 1.54) is 37.2 Å². The predicted octanol–water partition coefficient (Wildman–Crippen LogP) is 3.10. The van der Waals surface area contributed by atoms with Crippen LogP contribution in [0.15, 0.2) is 29.3 Å². The van der Waals surface area contributed by atoms with Crippen LogP contribution in [0, 0.1) is 5.41 Å². The maximum Gasteiger partial charge on any atom is 0.191 e. The van der Waals surface area contributed by atoms with Crippen molar-refractivity contribution in [2.75, 3.05) is 52.2 Å². The number of hydrogen-bond donors (Lipinski definition) is 2. The van der Waals surface area contributed by atoms with Gasteiger partial charge in [0.1, 0.15) is 0 Å². The minimum atomic E-state index is 0.181. The van der Waals surface area contributed by atoms with E-state index in [0.29, 0.717) is 0 Å². The van der Waals surface area contributed by atoms with Crippen molar-refractivity contribution in [3.8, 4) is 0 Å². The van der Waals surface area contributed by atoms with Crippen molar-refractivity contribution in [3.63, 3.8) is 0 Å². The van der Waals surface area contributed by atoms with E-state index in [4.69, 9.17) is 0 Å². The highest BCUT2D eigenvalue weighted by Gasteiger charge is 2.20. The quantitative estimate of drug-likeness (QED) is 0.580. The first kappa shape index (κ1) is 20.6. The SMILES string of the molecule is CN=C(NCC(C)(C)CN(C)C)NC(C)c1cccc(N2CCCC2)c1. The van der Waals surface area contributed by atoms with E-state index in [0.717, 1.165) is 19.0 Å². The Kier molecular flexibility index (Phi) is 7.33. The van der Waals surface area contributed by atoms with Gasteiger partial charge < -0.3 is 20.4 Å². The zero-order valence-corrected chi connectivity index (χ0v) is 17.5. The molecule has 146 valence electrons. The number of hydrogen-bond acceptors (Lipinski definition) is 3. The average molecular weight is 360 g/mol. The van der Waals surface area contributed by atoms with Crippen LogP contribution in [0.4, 0.5) is 5.69 Å². The highest BCUT2D eigenvalue weighted by molar-refractivity contribution is 5.80. The van der Waals surface area contributed by atoms with E-state index in [1.54, 1.807) is 0 Å². The third-order valence-electron chi connectivity index (χ3n) is 4.90. The topological polar surface area (TPSA) is 42.9 Å². The minimum absolute atomic E-state index is 0.181. The van der Waals surface area contributed by atoms with Crippen LogP contribution in [-0.4, -0.2) is 58.2 Å². The molecule has 0 aromatic heterocycles. The molecule has 1 saturated heterocycles. The van der Waals surface area contributed by atoms with Crippen LogP contribution >= 0.6 is 0 Å². The number of nitrogens with one attached hydrogen (secondary N) is 2. The summed E-state index contributed by atoms with van der Waals surface area (Å²) in [4.78, 5) is 9.11. The Morgan fingerprint density at radius 1 is 1.27 bits per heavy atom. The van der Waals surface area contributed by atoms with Gasteiger partial charge in [0.15, 0.2) is 5.96 Å². The van der Waals surface area contributed by atoms with Crippen molar-refractivity contribution in [1.82, 2.24) is 15.5 Å². The van der Waals surface area contributed by atoms with Crippen molar-refractivity contribution in [2.24, 2.45) is 10.4 Å². The first-order valence-electron chi connectivity index (χ1n) is 9.77. The molecule has 0 amide bonds. The lowest BCUT2D eigenvalue weighted by Gasteiger charge is -2.30. The molecule has 1 aliphatic rings. The molecule has 0 saturated carbocycles. The monoisotopic (exact) mass is 359 g/mol. The van der Waals surface area contributed by atoms with E-state index < -0.39 is 0 Å². The molecule has 1 aliphatic heterocycles. The summed E-state index contributed by atoms with van der Waals surface area (Å²) >= 11 is 0. The molecule has 1 heterocycles. The van der Waals surface area contributed by atoms with Crippen molar-refractivity contribution >= 4 is 11.6 Å². The summed E-state index contributed by atoms with van der Waals surface area (Å²) in [5.74, 6) is 0.857. The van der Waals surface area contributed by atoms with Crippen LogP contribution in [0.3, 0.4) is 0 Å². The Hall–Kier alpha value is -1.75. The number of aliphatic imine (C=N–C) groups is 1. The van der Waals surface area contributed by atoms with Crippen LogP contribution in [0.5, 0.6) is 0 Å². The van der Waals surface area contributed by atoms with Crippen molar-refractivity contribution in [2.45, 2.75) is 39.7 Å². The molecule has 0 aliphatic carbocycles. The maximum absolute atomic E-state index is 4.41. The van der Waals surface area contributed by atoms with Crippen LogP contribution in [0.25, 0.3) is 0 Å². The fraction of sp³-hybridized carbons (Fsp3) is 0.667. The second-order valence-corrected chi connectivity index (χ2v) is 8.48. The number of anilines is 1. The van der Waals surface area contributed by atoms with E-state index in [9.17, 15) is 0 Å². The molecule has 2 N–H and O–H groups in total. The molecule has 1 fully saturated rings. The standard InChI is InChI=1S/C21H37N5/c1-17(18-10-9-11-19(14-18)26-12-7-8-13-26)24-20(22-4)23-15-21(2,3)16-25(5)6/h9-11,14,17H,7-8,12-13,15-16H2,1-6H3,(H2,22,23,24). The van der Waals surface area contributed by atoms with Gasteiger partial charge in [-0.25, -0.2) is 0 Å². The largest absolute Gasteiger partial charge is 0.372 e. The summed E-state index contributed by atoms with van der Waals surface area (Å²) in [5.41, 5.74) is 2.81. The number of guanidine groups is 1. The van der Waals surface area contributed by atoms with Crippen molar-refractivity contribution in [3.05, 3.63) is 29.8 Å². The average Bonchev–Trinajstić information content (AvgIpc) is 3.12. The highest BCUT2D eigenvalue weighted by atomic mass is 15.2. The molecule has 0 spiro atoms. The van der Waals surface area contributed by atoms with Gasteiger partial charge in [0.05, 0.1) is 6.04 Å². The lowest BCUT2D eigenvalue weighted by atomic mass is 9.93. The Morgan fingerprint density at radius 2 is 1.96 bits per heavy atom. The van der Waals surface area contributed by atoms with Gasteiger partial charge in [-0.3, -0.25) is 4.99 Å². The molecule has 1 aromatic rings. The highest BCUT2D eigenvalue weighted by Crippen LogP contribution is 2.24. The third kappa shape index (κ3) is 6.20. The Bertz CT molecular complexity index is 588. The van der Waals surface area contributed by atoms with Gasteiger partial charge in [-0.1, -0.05) is 26.0 Å². The lowest BCUT2D eigenvalue weighted by Crippen LogP contribution is -2.45. The molecule has 0 radical (unpaired) electrons. The Balaban J connectivity index is 1.94. The summed E-state index contributed by atoms with van der Waals surface area (Å²) in [6.45, 7) is 11.0. The fourth-order valence-corrected chi connectivity index (χ4v) is 3.68. The molecular formula is C21H37N5. The van der Waals surface area contributed by atoms with Crippen LogP contribution < -0.4 is 15.5 Å². The number of benzene rings is 1. The van der Waals surface area contributed by atoms with E-state index in [-0.39, 0.29) is 11.5 Å². The van der Waals surface area contributed by atoms with E-state index >= 15 is 0 Å². The number of nitrogens with zero attached hydrogens (tertiary/aromatic N) is 3. The number of rotatable bonds is 7. The van der Waals surface area contributed by atoms with Gasteiger partial charge in [0, 0.05) is 38.9 Å². The van der Waals surface area contributed by atoms with Crippen molar-refractivity contribution < 1.29 is 0 Å². The lowest BCUT2D eigenvalue weighted by molar-refractivity contribution is 0.241. The molecule has 5 heteroatoms. The zero-order valence-electron chi connectivity index (χ0n) is 17.5. The van der Waals surface area contributed by atoms with Gasteiger partial charge in [-0.15, -0.1) is 0 Å². The normalized spacial score (nSPS) is 16.9. The minimum Gasteiger partial charge on any atom is -0.372 e. The third-order valence-corrected chi connectivity index (χ3v) is 4.90. The van der Waals surface area contributed by atoms with E-state index in [1.807, 2.05) is 7.05 Å². The summed E-state index contributed by atoms with van der Waals surface area (Å²) in [6.07, 6.45) is 2.61. The molecule has 1 atom stereocenters. The molecule has 1 unspecified atom stereocenters. The summed E-state index contributed by atoms with van der Waals surface area (Å²) in [6, 6.07) is 9.10. The smallest absolute Gasteiger partial charge is 0.191 e. The summed E-state index contributed by atoms with van der Waals surface area (Å²) in [5, 5.41) is 7.02. The van der Waals surface area contributed by atoms with Gasteiger partial charge >= 0.3 is 0 Å². The second-order valence-electron chi connectivity index (χ2n) is 8.48. The maximum atomic E-state index is 4.41. The first-order chi connectivity index (χ1) is 12.3. The van der Waals surface area contributed by atoms with Crippen LogP contribution in [-0.2, 0) is 0 Å². The molecule has 1 aromatic carbocycles. The molecule has 2 rings (SSSR count). The molecule has 0 bridgehead atoms. The molecular weight excluding hydrogens is 322 g/mol. The van der Waals surface area contributed by atoms with Gasteiger partial charge in [-0.2, -0.15) is 0 Å². The van der Waals surface area contributed by atoms with Gasteiger partial charge in [0.2, 0.25) is 0 Å². The molecule has 26 heavy (non-hydrogen) atoms. The Morgan fingerprint density at radius 3 is 2.58 bits per heavy atom. The first-order valence-corrected chi connectivity index (χ1v) is 9.77. The second kappa shape index (κ2) is 9.26. The zero-order chi connectivity index (χ0) is 19.2. The Labute approximate surface area is 159 Å². The summed E-state index contributed by atoms with van der Waals surface area (Å²) in [7, 11) is 6.07.